The average molecular weight is 473 g/mol. The van der Waals surface area contributed by atoms with Gasteiger partial charge in [-0.2, -0.15) is 0 Å². The van der Waals surface area contributed by atoms with E-state index in [0.717, 1.165) is 25.5 Å². The number of amides is 2. The Morgan fingerprint density at radius 3 is 1.67 bits per heavy atom. The molecule has 9 heteroatoms. The molecule has 2 saturated heterocycles. The number of rotatable bonds is 2. The molecule has 0 aromatic heterocycles. The maximum Gasteiger partial charge on any atom is 0.411 e. The maximum atomic E-state index is 12.0. The van der Waals surface area contributed by atoms with Crippen molar-refractivity contribution in [3.05, 3.63) is 0 Å². The summed E-state index contributed by atoms with van der Waals surface area (Å²) in [6.07, 6.45) is 2.95. The monoisotopic (exact) mass is 472 g/mol. The molecule has 192 valence electrons. The lowest BCUT2D eigenvalue weighted by Crippen LogP contribution is -2.52. The van der Waals surface area contributed by atoms with Crippen LogP contribution in [-0.4, -0.2) is 76.7 Å². The summed E-state index contributed by atoms with van der Waals surface area (Å²) >= 11 is 0. The fraction of sp³-hybridized carbons (Fsp3) is 0.833. The predicted octanol–water partition coefficient (Wildman–Crippen LogP) is 4.56. The maximum absolute atomic E-state index is 12.0. The molecule has 2 atom stereocenters. The van der Waals surface area contributed by atoms with Crippen molar-refractivity contribution in [1.29, 1.82) is 0 Å². The number of carbonyl (C=O) groups is 4. The zero-order valence-corrected chi connectivity index (χ0v) is 21.1. The van der Waals surface area contributed by atoms with E-state index in [4.69, 9.17) is 14.2 Å². The van der Waals surface area contributed by atoms with Gasteiger partial charge in [0.1, 0.15) is 23.0 Å². The van der Waals surface area contributed by atoms with Crippen molar-refractivity contribution < 1.29 is 33.4 Å². The van der Waals surface area contributed by atoms with Gasteiger partial charge >= 0.3 is 18.2 Å². The van der Waals surface area contributed by atoms with Crippen molar-refractivity contribution in [2.75, 3.05) is 20.2 Å². The number of likely N-dealkylation sites (tertiary alicyclic amines) is 2. The first-order valence-corrected chi connectivity index (χ1v) is 11.0. The summed E-state index contributed by atoms with van der Waals surface area (Å²) in [5.74, 6) is -0.388. The van der Waals surface area contributed by atoms with E-state index in [9.17, 15) is 19.2 Å². The van der Waals surface area contributed by atoms with Crippen LogP contribution < -0.4 is 0 Å². The van der Waals surface area contributed by atoms with Crippen LogP contribution in [0.2, 0.25) is 0 Å². The van der Waals surface area contributed by atoms with Gasteiger partial charge < -0.3 is 19.0 Å². The van der Waals surface area contributed by atoms with Crippen LogP contribution in [0.15, 0.2) is 0 Å². The molecule has 0 bridgehead atoms. The normalized spacial score (nSPS) is 24.8. The second-order valence-corrected chi connectivity index (χ2v) is 10.7. The third-order valence-corrected chi connectivity index (χ3v) is 5.43. The zero-order chi connectivity index (χ0) is 25.0. The van der Waals surface area contributed by atoms with Gasteiger partial charge in [0.15, 0.2) is 0 Å². The second-order valence-electron chi connectivity index (χ2n) is 10.7. The number of ether oxygens (including phenoxy) is 3. The molecular weight excluding hydrogens is 428 g/mol. The Morgan fingerprint density at radius 1 is 0.818 bits per heavy atom. The Hall–Kier alpha value is -2.32. The average Bonchev–Trinajstić information content (AvgIpc) is 3.23. The summed E-state index contributed by atoms with van der Waals surface area (Å²) in [5.41, 5.74) is -2.64. The number of methoxy groups -OCH3 is 1. The van der Waals surface area contributed by atoms with Crippen LogP contribution in [0.5, 0.6) is 0 Å². The van der Waals surface area contributed by atoms with Crippen LogP contribution in [0.25, 0.3) is 0 Å². The summed E-state index contributed by atoms with van der Waals surface area (Å²) in [6, 6.07) is 0. The quantitative estimate of drug-likeness (QED) is 0.330. The van der Waals surface area contributed by atoms with Crippen LogP contribution in [0.4, 0.5) is 9.59 Å². The van der Waals surface area contributed by atoms with E-state index in [2.05, 4.69) is 0 Å². The van der Waals surface area contributed by atoms with Gasteiger partial charge in [-0.15, -0.1) is 0 Å². The van der Waals surface area contributed by atoms with E-state index in [1.807, 2.05) is 20.8 Å². The molecule has 2 aliphatic rings. The minimum atomic E-state index is -0.892. The second kappa shape index (κ2) is 11.2. The third kappa shape index (κ3) is 8.19. The van der Waals surface area contributed by atoms with Crippen LogP contribution >= 0.6 is 0 Å². The highest BCUT2D eigenvalue weighted by atomic mass is 16.6. The molecule has 0 aliphatic carbocycles. The van der Waals surface area contributed by atoms with E-state index < -0.39 is 34.5 Å². The van der Waals surface area contributed by atoms with Gasteiger partial charge in [0, 0.05) is 13.1 Å². The lowest BCUT2D eigenvalue weighted by Gasteiger charge is -2.33. The molecule has 0 spiro atoms. The molecule has 9 nitrogen and oxygen atoms in total. The summed E-state index contributed by atoms with van der Waals surface area (Å²) in [7, 11) is 1.33. The number of carbonyl (C=O) groups excluding carboxylic acids is 4. The fourth-order valence-corrected chi connectivity index (χ4v) is 3.73. The van der Waals surface area contributed by atoms with Crippen molar-refractivity contribution in [3.8, 4) is 0 Å². The molecule has 0 radical (unpaired) electrons. The van der Waals surface area contributed by atoms with E-state index >= 15 is 0 Å². The number of nitrogens with zero attached hydrogens (tertiary/aromatic N) is 2. The van der Waals surface area contributed by atoms with Gasteiger partial charge in [0.2, 0.25) is 0 Å². The van der Waals surface area contributed by atoms with Gasteiger partial charge in [0.25, 0.3) is 0 Å². The first kappa shape index (κ1) is 30.7. The summed E-state index contributed by atoms with van der Waals surface area (Å²) in [6.45, 7) is 15.5. The Bertz CT molecular complexity index is 711. The molecule has 33 heavy (non-hydrogen) atoms. The molecule has 2 heterocycles. The van der Waals surface area contributed by atoms with Crippen molar-refractivity contribution in [3.63, 3.8) is 0 Å². The van der Waals surface area contributed by atoms with Crippen molar-refractivity contribution in [2.45, 2.75) is 111 Å². The van der Waals surface area contributed by atoms with E-state index in [-0.39, 0.29) is 13.4 Å². The lowest BCUT2D eigenvalue weighted by molar-refractivity contribution is -0.152. The summed E-state index contributed by atoms with van der Waals surface area (Å²) in [4.78, 5) is 49.5. The molecule has 0 N–H and O–H groups in total. The van der Waals surface area contributed by atoms with E-state index in [1.165, 1.54) is 16.9 Å². The first-order valence-electron chi connectivity index (χ1n) is 11.0. The van der Waals surface area contributed by atoms with Crippen molar-refractivity contribution in [1.82, 2.24) is 9.80 Å². The minimum absolute atomic E-state index is 0. The molecule has 2 unspecified atom stereocenters. The van der Waals surface area contributed by atoms with Gasteiger partial charge in [-0.1, -0.05) is 7.43 Å². The number of aldehydes is 1. The highest BCUT2D eigenvalue weighted by Crippen LogP contribution is 2.31. The Balaban J connectivity index is 0.000000607. The van der Waals surface area contributed by atoms with Crippen LogP contribution in [0.1, 0.15) is 88.5 Å². The fourth-order valence-electron chi connectivity index (χ4n) is 3.73. The van der Waals surface area contributed by atoms with Gasteiger partial charge in [-0.05, 0) is 81.1 Å². The highest BCUT2D eigenvalue weighted by molar-refractivity contribution is 5.86. The molecule has 0 aromatic rings. The van der Waals surface area contributed by atoms with Crippen LogP contribution in [0, 0.1) is 0 Å². The highest BCUT2D eigenvalue weighted by Gasteiger charge is 2.48. The predicted molar refractivity (Wildman–Crippen MR) is 126 cm³/mol. The van der Waals surface area contributed by atoms with E-state index in [1.54, 1.807) is 34.6 Å². The summed E-state index contributed by atoms with van der Waals surface area (Å²) in [5, 5.41) is 0. The van der Waals surface area contributed by atoms with E-state index in [0.29, 0.717) is 19.5 Å². The Labute approximate surface area is 199 Å². The standard InChI is InChI=1S/C12H21NO4.C11H19NO3.CH4/c1-11(2,3)17-10(15)13-8-6-7-12(13,4)9(14)16-5;1-10(2,3)15-9(14)12-7-5-6-11(12,4)8-13;/h6-8H2,1-5H3;8H,5-7H2,1-4H3;1H4. The molecule has 2 rings (SSSR count). The first-order chi connectivity index (χ1) is 14.5. The van der Waals surface area contributed by atoms with Gasteiger partial charge in [-0.3, -0.25) is 9.80 Å². The number of hydrogen-bond donors (Lipinski definition) is 0. The van der Waals surface area contributed by atoms with Crippen molar-refractivity contribution in [2.24, 2.45) is 0 Å². The van der Waals surface area contributed by atoms with Crippen molar-refractivity contribution >= 4 is 24.4 Å². The topological polar surface area (TPSA) is 102 Å². The summed E-state index contributed by atoms with van der Waals surface area (Å²) < 4.78 is 15.3. The largest absolute Gasteiger partial charge is 0.467 e. The van der Waals surface area contributed by atoms with Gasteiger partial charge in [0.05, 0.1) is 12.6 Å². The molecule has 0 aromatic carbocycles. The molecule has 0 saturated carbocycles. The number of esters is 1. The number of hydrogen-bond acceptors (Lipinski definition) is 7. The minimum Gasteiger partial charge on any atom is -0.467 e. The molecule has 2 amide bonds. The van der Waals surface area contributed by atoms with Crippen LogP contribution in [-0.2, 0) is 23.8 Å². The molecule has 2 fully saturated rings. The molecule has 2 aliphatic heterocycles. The lowest BCUT2D eigenvalue weighted by atomic mass is 10.00. The molecular formula is C24H44N2O7. The Kier molecular flexibility index (Phi) is 10.4. The van der Waals surface area contributed by atoms with Crippen LogP contribution in [0.3, 0.4) is 0 Å². The Morgan fingerprint density at radius 2 is 1.24 bits per heavy atom. The third-order valence-electron chi connectivity index (χ3n) is 5.43. The SMILES string of the molecule is C.CC(C)(C)OC(=O)N1CCCC1(C)C=O.COC(=O)C1(C)CCCN1C(=O)OC(C)(C)C. The zero-order valence-electron chi connectivity index (χ0n) is 21.1. The smallest absolute Gasteiger partial charge is 0.411 e. The van der Waals surface area contributed by atoms with Gasteiger partial charge in [-0.25, -0.2) is 14.4 Å².